The highest BCUT2D eigenvalue weighted by Gasteiger charge is 2.19. The topological polar surface area (TPSA) is 135 Å². The Morgan fingerprint density at radius 1 is 1.03 bits per heavy atom. The van der Waals surface area contributed by atoms with Gasteiger partial charge >= 0.3 is 0 Å². The third-order valence-electron chi connectivity index (χ3n) is 3.95. The van der Waals surface area contributed by atoms with Crippen LogP contribution in [0, 0.1) is 5.41 Å². The number of benzene rings is 2. The summed E-state index contributed by atoms with van der Waals surface area (Å²) in [6.07, 6.45) is 4.41. The summed E-state index contributed by atoms with van der Waals surface area (Å²) < 4.78 is 30.1. The fraction of sp³-hybridized carbons (Fsp3) is 0.0500. The minimum atomic E-state index is -3.69. The van der Waals surface area contributed by atoms with Gasteiger partial charge in [-0.3, -0.25) is 20.5 Å². The number of carbonyl (C=O) groups excluding carboxylic acids is 1. The first-order valence-electron chi connectivity index (χ1n) is 8.42. The molecule has 0 bridgehead atoms. The van der Waals surface area contributed by atoms with E-state index in [0.717, 1.165) is 17.4 Å². The molecule has 2 aromatic carbocycles. The highest BCUT2D eigenvalue weighted by atomic mass is 32.2. The van der Waals surface area contributed by atoms with Crippen LogP contribution in [0.25, 0.3) is 11.1 Å². The first kappa shape index (κ1) is 20.0. The first-order chi connectivity index (χ1) is 13.7. The molecule has 148 valence electrons. The number of amides is 1. The maximum Gasteiger partial charge on any atom is 0.257 e. The van der Waals surface area contributed by atoms with Crippen LogP contribution in [0.5, 0.6) is 11.5 Å². The lowest BCUT2D eigenvalue weighted by Crippen LogP contribution is -2.35. The van der Waals surface area contributed by atoms with E-state index in [1.807, 2.05) is 24.3 Å². The van der Waals surface area contributed by atoms with Crippen LogP contribution in [0.2, 0.25) is 0 Å². The maximum absolute atomic E-state index is 12.2. The van der Waals surface area contributed by atoms with Gasteiger partial charge in [0, 0.05) is 24.2 Å². The van der Waals surface area contributed by atoms with E-state index in [2.05, 4.69) is 10.3 Å². The molecular formula is C20H18N4O4S. The molecule has 0 fully saturated rings. The maximum atomic E-state index is 12.2. The Morgan fingerprint density at radius 2 is 1.66 bits per heavy atom. The van der Waals surface area contributed by atoms with Crippen molar-refractivity contribution in [2.75, 3.05) is 6.26 Å². The number of ether oxygens (including phenoxy) is 1. The van der Waals surface area contributed by atoms with Crippen molar-refractivity contribution < 1.29 is 17.9 Å². The van der Waals surface area contributed by atoms with Gasteiger partial charge in [0.25, 0.3) is 5.91 Å². The number of sulfone groups is 1. The SMILES string of the molecule is CS(=O)(=O)c1cc(C(=O)NC(=N)N)ccc1Oc1ccc(-c2ccncc2)cc1. The molecule has 1 amide bonds. The molecular weight excluding hydrogens is 392 g/mol. The number of guanidine groups is 1. The number of nitrogens with one attached hydrogen (secondary N) is 2. The van der Waals surface area contributed by atoms with Crippen LogP contribution < -0.4 is 15.8 Å². The molecule has 1 heterocycles. The number of carbonyl (C=O) groups is 1. The van der Waals surface area contributed by atoms with Gasteiger partial charge in [0.05, 0.1) is 0 Å². The largest absolute Gasteiger partial charge is 0.456 e. The van der Waals surface area contributed by atoms with Crippen molar-refractivity contribution in [1.29, 1.82) is 5.41 Å². The molecule has 0 unspecified atom stereocenters. The zero-order valence-electron chi connectivity index (χ0n) is 15.4. The minimum absolute atomic E-state index is 0.0426. The molecule has 0 spiro atoms. The molecule has 0 radical (unpaired) electrons. The van der Waals surface area contributed by atoms with Gasteiger partial charge in [0.1, 0.15) is 16.4 Å². The lowest BCUT2D eigenvalue weighted by Gasteiger charge is -2.12. The number of hydrogen-bond acceptors (Lipinski definition) is 6. The Kier molecular flexibility index (Phi) is 5.60. The third kappa shape index (κ3) is 4.96. The summed E-state index contributed by atoms with van der Waals surface area (Å²) in [4.78, 5) is 15.8. The average molecular weight is 410 g/mol. The summed E-state index contributed by atoms with van der Waals surface area (Å²) in [5.74, 6) is -0.696. The lowest BCUT2D eigenvalue weighted by molar-refractivity contribution is 0.0976. The molecule has 0 aliphatic heterocycles. The summed E-state index contributed by atoms with van der Waals surface area (Å²) >= 11 is 0. The number of nitrogens with zero attached hydrogens (tertiary/aromatic N) is 1. The summed E-state index contributed by atoms with van der Waals surface area (Å²) in [5.41, 5.74) is 7.14. The lowest BCUT2D eigenvalue weighted by atomic mass is 10.1. The molecule has 0 saturated carbocycles. The van der Waals surface area contributed by atoms with Crippen LogP contribution in [0.4, 0.5) is 0 Å². The zero-order valence-corrected chi connectivity index (χ0v) is 16.2. The Balaban J connectivity index is 1.90. The fourth-order valence-electron chi connectivity index (χ4n) is 2.60. The predicted octanol–water partition coefficient (Wildman–Crippen LogP) is 2.57. The van der Waals surface area contributed by atoms with Gasteiger partial charge in [-0.05, 0) is 53.6 Å². The fourth-order valence-corrected chi connectivity index (χ4v) is 3.42. The number of nitrogens with two attached hydrogens (primary N) is 1. The Hall–Kier alpha value is -3.72. The second-order valence-electron chi connectivity index (χ2n) is 6.16. The van der Waals surface area contributed by atoms with E-state index >= 15 is 0 Å². The van der Waals surface area contributed by atoms with Gasteiger partial charge in [0.15, 0.2) is 15.8 Å². The van der Waals surface area contributed by atoms with Gasteiger partial charge in [-0.2, -0.15) is 0 Å². The molecule has 3 rings (SSSR count). The molecule has 8 nitrogen and oxygen atoms in total. The van der Waals surface area contributed by atoms with Crippen LogP contribution in [0.15, 0.2) is 71.9 Å². The standard InChI is InChI=1S/C20H18N4O4S/c1-29(26,27)18-12-15(19(25)24-20(21)22)4-7-17(18)28-16-5-2-13(3-6-16)14-8-10-23-11-9-14/h2-12H,1H3,(H4,21,22,24,25). The van der Waals surface area contributed by atoms with Gasteiger partial charge in [-0.1, -0.05) is 12.1 Å². The molecule has 0 atom stereocenters. The summed E-state index contributed by atoms with van der Waals surface area (Å²) in [5, 5.41) is 9.23. The molecule has 4 N–H and O–H groups in total. The van der Waals surface area contributed by atoms with E-state index in [4.69, 9.17) is 15.9 Å². The van der Waals surface area contributed by atoms with E-state index in [1.54, 1.807) is 24.5 Å². The summed E-state index contributed by atoms with van der Waals surface area (Å²) in [7, 11) is -3.69. The molecule has 0 saturated heterocycles. The summed E-state index contributed by atoms with van der Waals surface area (Å²) in [6.45, 7) is 0. The molecule has 0 aliphatic rings. The Morgan fingerprint density at radius 3 is 2.24 bits per heavy atom. The number of aromatic nitrogens is 1. The van der Waals surface area contributed by atoms with Crippen LogP contribution in [-0.4, -0.2) is 31.5 Å². The monoisotopic (exact) mass is 410 g/mol. The van der Waals surface area contributed by atoms with Gasteiger partial charge in [0.2, 0.25) is 0 Å². The smallest absolute Gasteiger partial charge is 0.257 e. The Bertz CT molecular complexity index is 1160. The number of hydrogen-bond donors (Lipinski definition) is 3. The molecule has 1 aromatic heterocycles. The molecule has 3 aromatic rings. The van der Waals surface area contributed by atoms with E-state index in [-0.39, 0.29) is 16.2 Å². The number of pyridine rings is 1. The molecule has 29 heavy (non-hydrogen) atoms. The highest BCUT2D eigenvalue weighted by molar-refractivity contribution is 7.90. The van der Waals surface area contributed by atoms with Gasteiger partial charge in [-0.25, -0.2) is 8.42 Å². The van der Waals surface area contributed by atoms with E-state index in [0.29, 0.717) is 5.75 Å². The van der Waals surface area contributed by atoms with Crippen LogP contribution in [0.3, 0.4) is 0 Å². The van der Waals surface area contributed by atoms with E-state index < -0.39 is 21.7 Å². The third-order valence-corrected chi connectivity index (χ3v) is 5.07. The average Bonchev–Trinajstić information content (AvgIpc) is 2.68. The Labute approximate surface area is 167 Å². The minimum Gasteiger partial charge on any atom is -0.456 e. The van der Waals surface area contributed by atoms with Crippen molar-refractivity contribution in [2.24, 2.45) is 5.73 Å². The normalized spacial score (nSPS) is 10.9. The summed E-state index contributed by atoms with van der Waals surface area (Å²) in [6, 6.07) is 14.9. The van der Waals surface area contributed by atoms with Gasteiger partial charge < -0.3 is 10.5 Å². The van der Waals surface area contributed by atoms with Crippen LogP contribution >= 0.6 is 0 Å². The van der Waals surface area contributed by atoms with Gasteiger partial charge in [-0.15, -0.1) is 0 Å². The van der Waals surface area contributed by atoms with Crippen molar-refractivity contribution in [3.8, 4) is 22.6 Å². The molecule has 9 heteroatoms. The van der Waals surface area contributed by atoms with E-state index in [1.165, 1.54) is 18.2 Å². The predicted molar refractivity (Wildman–Crippen MR) is 109 cm³/mol. The van der Waals surface area contributed by atoms with Crippen molar-refractivity contribution in [3.63, 3.8) is 0 Å². The van der Waals surface area contributed by atoms with Crippen molar-refractivity contribution in [3.05, 3.63) is 72.6 Å². The van der Waals surface area contributed by atoms with Crippen molar-refractivity contribution in [2.45, 2.75) is 4.90 Å². The van der Waals surface area contributed by atoms with E-state index in [9.17, 15) is 13.2 Å². The second kappa shape index (κ2) is 8.11. The first-order valence-corrected chi connectivity index (χ1v) is 10.3. The number of rotatable bonds is 5. The van der Waals surface area contributed by atoms with Crippen LogP contribution in [0.1, 0.15) is 10.4 Å². The highest BCUT2D eigenvalue weighted by Crippen LogP contribution is 2.31. The van der Waals surface area contributed by atoms with Crippen LogP contribution in [-0.2, 0) is 9.84 Å². The van der Waals surface area contributed by atoms with Crippen molar-refractivity contribution >= 4 is 21.7 Å². The second-order valence-corrected chi connectivity index (χ2v) is 8.15. The zero-order chi connectivity index (χ0) is 21.0. The quantitative estimate of drug-likeness (QED) is 0.437. The molecule has 0 aliphatic carbocycles. The van der Waals surface area contributed by atoms with Crippen molar-refractivity contribution in [1.82, 2.24) is 10.3 Å².